The van der Waals surface area contributed by atoms with Crippen molar-refractivity contribution in [2.24, 2.45) is 5.16 Å². The third-order valence-electron chi connectivity index (χ3n) is 4.46. The van der Waals surface area contributed by atoms with E-state index in [1.165, 1.54) is 23.5 Å². The molecule has 2 aliphatic heterocycles. The zero-order chi connectivity index (χ0) is 23.0. The lowest BCUT2D eigenvalue weighted by Crippen LogP contribution is -2.71. The Kier molecular flexibility index (Phi) is 6.28. The average Bonchev–Trinajstić information content (AvgIpc) is 3.10. The number of aliphatic carboxylic acids is 1. The van der Waals surface area contributed by atoms with Crippen LogP contribution in [0.4, 0.5) is 5.13 Å². The first-order chi connectivity index (χ1) is 15.3. The number of carboxylic acid groups (broad SMARTS) is 1. The van der Waals surface area contributed by atoms with Crippen molar-refractivity contribution in [1.82, 2.24) is 20.2 Å². The van der Waals surface area contributed by atoms with E-state index in [2.05, 4.69) is 20.4 Å². The van der Waals surface area contributed by atoms with Gasteiger partial charge in [0.1, 0.15) is 27.1 Å². The van der Waals surface area contributed by atoms with Crippen LogP contribution in [0.25, 0.3) is 0 Å². The van der Waals surface area contributed by atoms with E-state index in [1.54, 1.807) is 24.5 Å². The molecule has 2 aliphatic rings. The zero-order valence-electron chi connectivity index (χ0n) is 15.8. The molecule has 0 aromatic carbocycles. The Labute approximate surface area is 197 Å². The number of nitrogens with zero attached hydrogens (tertiary/aromatic N) is 4. The number of pyridine rings is 1. The maximum atomic E-state index is 12.8. The maximum Gasteiger partial charge on any atom is 0.353 e. The van der Waals surface area contributed by atoms with Gasteiger partial charge in [0.2, 0.25) is 0 Å². The van der Waals surface area contributed by atoms with E-state index < -0.39 is 34.9 Å². The predicted octanol–water partition coefficient (Wildman–Crippen LogP) is 1.44. The van der Waals surface area contributed by atoms with Crippen LogP contribution in [0.1, 0.15) is 5.69 Å². The summed E-state index contributed by atoms with van der Waals surface area (Å²) >= 11 is 9.41. The number of amides is 2. The van der Waals surface area contributed by atoms with Gasteiger partial charge in [-0.25, -0.2) is 9.78 Å². The molecule has 1 fully saturated rings. The molecular weight excluding hydrogens is 500 g/mol. The normalized spacial score (nSPS) is 20.6. The van der Waals surface area contributed by atoms with Crippen molar-refractivity contribution in [3.8, 4) is 0 Å². The molecule has 0 unspecified atom stereocenters. The standard InChI is InChI=1S/C17H13ClN6O5S3/c18-12-8(22-17(19)32-12)9(23-29)13(25)21-10-14(26)24-11(16(27)28)7(5-30-15(10)24)31-6-1-3-20-4-2-6/h1-4,10,15,29H,5H2,(H2,19,22)(H,21,25)(H,27,28)/b23-9-/t10-,15-/m1/s1. The Morgan fingerprint density at radius 2 is 2.09 bits per heavy atom. The lowest BCUT2D eigenvalue weighted by atomic mass is 10.0. The Morgan fingerprint density at radius 3 is 2.69 bits per heavy atom. The number of fused-ring (bicyclic) bond motifs is 1. The number of carbonyl (C=O) groups is 3. The lowest BCUT2D eigenvalue weighted by Gasteiger charge is -2.49. The van der Waals surface area contributed by atoms with E-state index in [9.17, 15) is 24.7 Å². The first kappa shape index (κ1) is 22.4. The van der Waals surface area contributed by atoms with E-state index in [4.69, 9.17) is 17.3 Å². The number of nitrogen functional groups attached to an aromatic ring is 1. The zero-order valence-corrected chi connectivity index (χ0v) is 19.0. The molecule has 0 saturated carbocycles. The molecule has 4 heterocycles. The Bertz CT molecular complexity index is 1170. The second-order valence-electron chi connectivity index (χ2n) is 6.35. The number of rotatable bonds is 6. The molecule has 32 heavy (non-hydrogen) atoms. The number of carbonyl (C=O) groups excluding carboxylic acids is 2. The Morgan fingerprint density at radius 1 is 1.38 bits per heavy atom. The SMILES string of the molecule is Nc1nc(/C(=N/O)C(=O)N[C@@H]2C(=O)N3C(C(=O)O)=C(Sc4ccncc4)CS[C@H]23)c(Cl)s1. The van der Waals surface area contributed by atoms with Crippen LogP contribution in [0.15, 0.2) is 45.2 Å². The summed E-state index contributed by atoms with van der Waals surface area (Å²) in [5.74, 6) is -2.41. The molecule has 166 valence electrons. The first-order valence-corrected chi connectivity index (χ1v) is 11.8. The van der Waals surface area contributed by atoms with Gasteiger partial charge in [0, 0.05) is 27.9 Å². The van der Waals surface area contributed by atoms with E-state index in [-0.39, 0.29) is 20.9 Å². The van der Waals surface area contributed by atoms with Crippen LogP contribution in [0.5, 0.6) is 0 Å². The summed E-state index contributed by atoms with van der Waals surface area (Å²) in [4.78, 5) is 47.6. The number of carboxylic acids is 1. The molecule has 0 radical (unpaired) electrons. The second kappa shape index (κ2) is 8.97. The summed E-state index contributed by atoms with van der Waals surface area (Å²) in [5, 5.41) is 23.9. The molecule has 0 aliphatic carbocycles. The number of nitrogens with two attached hydrogens (primary N) is 1. The fourth-order valence-corrected chi connectivity index (χ4v) is 6.48. The summed E-state index contributed by atoms with van der Waals surface area (Å²) < 4.78 is 0.0490. The number of β-lactam (4-membered cyclic amide) rings is 1. The quantitative estimate of drug-likeness (QED) is 0.192. The van der Waals surface area contributed by atoms with Gasteiger partial charge < -0.3 is 21.4 Å². The number of halogens is 1. The van der Waals surface area contributed by atoms with Crippen molar-refractivity contribution < 1.29 is 24.7 Å². The van der Waals surface area contributed by atoms with Gasteiger partial charge in [0.25, 0.3) is 11.8 Å². The molecular formula is C17H13ClN6O5S3. The monoisotopic (exact) mass is 512 g/mol. The second-order valence-corrected chi connectivity index (χ2v) is 10.3. The van der Waals surface area contributed by atoms with E-state index in [1.807, 2.05) is 0 Å². The van der Waals surface area contributed by atoms with Gasteiger partial charge in [-0.1, -0.05) is 39.9 Å². The van der Waals surface area contributed by atoms with Crippen molar-refractivity contribution in [2.75, 3.05) is 11.5 Å². The summed E-state index contributed by atoms with van der Waals surface area (Å²) in [5.41, 5.74) is 4.81. The summed E-state index contributed by atoms with van der Waals surface area (Å²) in [6.45, 7) is 0. The summed E-state index contributed by atoms with van der Waals surface area (Å²) in [6, 6.07) is 2.46. The number of aromatic nitrogens is 2. The predicted molar refractivity (Wildman–Crippen MR) is 120 cm³/mol. The first-order valence-electron chi connectivity index (χ1n) is 8.76. The van der Waals surface area contributed by atoms with Gasteiger partial charge >= 0.3 is 5.97 Å². The molecule has 2 aromatic heterocycles. The minimum Gasteiger partial charge on any atom is -0.477 e. The highest BCUT2D eigenvalue weighted by Gasteiger charge is 2.54. The highest BCUT2D eigenvalue weighted by atomic mass is 35.5. The van der Waals surface area contributed by atoms with Crippen LogP contribution in [-0.2, 0) is 14.4 Å². The fourth-order valence-electron chi connectivity index (χ4n) is 3.09. The number of hydrogen-bond acceptors (Lipinski definition) is 11. The topological polar surface area (TPSA) is 171 Å². The number of thioether (sulfide) groups is 2. The largest absolute Gasteiger partial charge is 0.477 e. The van der Waals surface area contributed by atoms with Crippen molar-refractivity contribution in [3.63, 3.8) is 0 Å². The van der Waals surface area contributed by atoms with Crippen LogP contribution in [0.3, 0.4) is 0 Å². The van der Waals surface area contributed by atoms with Gasteiger partial charge in [-0.2, -0.15) is 0 Å². The highest BCUT2D eigenvalue weighted by molar-refractivity contribution is 8.06. The van der Waals surface area contributed by atoms with Gasteiger partial charge in [-0.05, 0) is 12.1 Å². The molecule has 1 saturated heterocycles. The Hall–Kier alpha value is -2.81. The molecule has 4 rings (SSSR count). The number of hydrogen-bond donors (Lipinski definition) is 4. The maximum absolute atomic E-state index is 12.8. The van der Waals surface area contributed by atoms with Crippen molar-refractivity contribution in [3.05, 3.63) is 45.2 Å². The summed E-state index contributed by atoms with van der Waals surface area (Å²) in [6.07, 6.45) is 3.18. The number of nitrogens with one attached hydrogen (secondary N) is 1. The molecule has 2 aromatic rings. The molecule has 2 amide bonds. The van der Waals surface area contributed by atoms with Crippen molar-refractivity contribution in [1.29, 1.82) is 0 Å². The number of thiazole rings is 1. The van der Waals surface area contributed by atoms with Crippen LogP contribution < -0.4 is 11.1 Å². The van der Waals surface area contributed by atoms with Crippen LogP contribution in [0, 0.1) is 0 Å². The molecule has 15 heteroatoms. The number of oxime groups is 1. The minimum absolute atomic E-state index is 0.0490. The molecule has 0 bridgehead atoms. The molecule has 0 spiro atoms. The highest BCUT2D eigenvalue weighted by Crippen LogP contribution is 2.45. The average molecular weight is 513 g/mol. The van der Waals surface area contributed by atoms with Crippen molar-refractivity contribution in [2.45, 2.75) is 16.3 Å². The minimum atomic E-state index is -1.24. The molecule has 5 N–H and O–H groups in total. The van der Waals surface area contributed by atoms with Gasteiger partial charge in [0.05, 0.1) is 0 Å². The van der Waals surface area contributed by atoms with E-state index in [0.717, 1.165) is 21.1 Å². The Balaban J connectivity index is 1.53. The van der Waals surface area contributed by atoms with Gasteiger partial charge in [0.15, 0.2) is 10.8 Å². The van der Waals surface area contributed by atoms with Crippen LogP contribution in [-0.4, -0.2) is 65.8 Å². The summed E-state index contributed by atoms with van der Waals surface area (Å²) in [7, 11) is 0. The van der Waals surface area contributed by atoms with Gasteiger partial charge in [-0.15, -0.1) is 11.8 Å². The van der Waals surface area contributed by atoms with E-state index >= 15 is 0 Å². The van der Waals surface area contributed by atoms with Crippen LogP contribution in [0.2, 0.25) is 4.34 Å². The lowest BCUT2D eigenvalue weighted by molar-refractivity contribution is -0.150. The smallest absolute Gasteiger partial charge is 0.353 e. The van der Waals surface area contributed by atoms with Crippen LogP contribution >= 0.6 is 46.5 Å². The van der Waals surface area contributed by atoms with Gasteiger partial charge in [-0.3, -0.25) is 19.5 Å². The molecule has 2 atom stereocenters. The third kappa shape index (κ3) is 4.01. The van der Waals surface area contributed by atoms with Crippen molar-refractivity contribution >= 4 is 75.1 Å². The fraction of sp³-hybridized carbons (Fsp3) is 0.176. The number of anilines is 1. The van der Waals surface area contributed by atoms with E-state index in [0.29, 0.717) is 10.7 Å². The third-order valence-corrected chi connectivity index (χ3v) is 8.09. The molecule has 11 nitrogen and oxygen atoms in total.